The molecular weight excluding hydrogens is 356 g/mol. The molecule has 2 rings (SSSR count). The molecule has 0 aromatic heterocycles. The summed E-state index contributed by atoms with van der Waals surface area (Å²) in [5, 5.41) is 3.49. The molecule has 0 bridgehead atoms. The molecule has 144 valence electrons. The molecule has 26 heavy (non-hydrogen) atoms. The molecule has 1 aliphatic rings. The van der Waals surface area contributed by atoms with E-state index >= 15 is 0 Å². The Morgan fingerprint density at radius 3 is 2.38 bits per heavy atom. The second kappa shape index (κ2) is 9.67. The number of piperidine rings is 1. The van der Waals surface area contributed by atoms with Gasteiger partial charge in [-0.05, 0) is 49.9 Å². The predicted molar refractivity (Wildman–Crippen MR) is 100 cm³/mol. The molecule has 0 saturated carbocycles. The highest BCUT2D eigenvalue weighted by Crippen LogP contribution is 2.18. The quantitative estimate of drug-likeness (QED) is 0.817. The minimum absolute atomic E-state index is 0.0335. The van der Waals surface area contributed by atoms with Crippen LogP contribution >= 0.6 is 11.6 Å². The minimum atomic E-state index is -0.573. The van der Waals surface area contributed by atoms with Crippen molar-refractivity contribution in [3.05, 3.63) is 29.3 Å². The molecule has 1 fully saturated rings. The van der Waals surface area contributed by atoms with E-state index in [-0.39, 0.29) is 18.0 Å². The van der Waals surface area contributed by atoms with E-state index < -0.39 is 6.10 Å². The van der Waals surface area contributed by atoms with Crippen molar-refractivity contribution in [3.8, 4) is 5.75 Å². The second-order valence-electron chi connectivity index (χ2n) is 6.95. The van der Waals surface area contributed by atoms with Gasteiger partial charge >= 0.3 is 6.09 Å². The zero-order valence-electron chi connectivity index (χ0n) is 15.5. The first-order valence-electron chi connectivity index (χ1n) is 8.99. The number of likely N-dealkylation sites (tertiary alicyclic amines) is 1. The smallest absolute Gasteiger partial charge is 0.407 e. The van der Waals surface area contributed by atoms with Crippen LogP contribution in [0.3, 0.4) is 0 Å². The third-order valence-electron chi connectivity index (χ3n) is 4.15. The van der Waals surface area contributed by atoms with E-state index in [0.717, 1.165) is 0 Å². The number of rotatable bonds is 6. The van der Waals surface area contributed by atoms with E-state index in [1.807, 2.05) is 13.8 Å². The van der Waals surface area contributed by atoms with Crippen LogP contribution in [-0.4, -0.2) is 48.7 Å². The largest absolute Gasteiger partial charge is 0.481 e. The third kappa shape index (κ3) is 6.41. The molecule has 0 radical (unpaired) electrons. The van der Waals surface area contributed by atoms with E-state index in [1.54, 1.807) is 36.1 Å². The molecule has 1 heterocycles. The summed E-state index contributed by atoms with van der Waals surface area (Å²) in [7, 11) is 0. The van der Waals surface area contributed by atoms with Crippen LogP contribution < -0.4 is 10.1 Å². The number of halogens is 1. The van der Waals surface area contributed by atoms with E-state index in [4.69, 9.17) is 21.1 Å². The van der Waals surface area contributed by atoms with Crippen molar-refractivity contribution in [2.75, 3.05) is 19.7 Å². The lowest BCUT2D eigenvalue weighted by Gasteiger charge is -2.33. The topological polar surface area (TPSA) is 67.9 Å². The average Bonchev–Trinajstić information content (AvgIpc) is 2.62. The lowest BCUT2D eigenvalue weighted by atomic mass is 10.0. The van der Waals surface area contributed by atoms with Crippen molar-refractivity contribution in [2.24, 2.45) is 5.92 Å². The fourth-order valence-corrected chi connectivity index (χ4v) is 2.85. The predicted octanol–water partition coefficient (Wildman–Crippen LogP) is 3.48. The summed E-state index contributed by atoms with van der Waals surface area (Å²) in [4.78, 5) is 26.0. The maximum atomic E-state index is 12.5. The van der Waals surface area contributed by atoms with Crippen molar-refractivity contribution >= 4 is 23.6 Å². The van der Waals surface area contributed by atoms with Crippen molar-refractivity contribution in [2.45, 2.75) is 45.8 Å². The third-order valence-corrected chi connectivity index (χ3v) is 4.40. The number of ether oxygens (including phenoxy) is 2. The molecule has 1 atom stereocenters. The normalized spacial score (nSPS) is 16.3. The molecule has 7 heteroatoms. The highest BCUT2D eigenvalue weighted by molar-refractivity contribution is 6.30. The Bertz CT molecular complexity index is 598. The van der Waals surface area contributed by atoms with Crippen LogP contribution in [-0.2, 0) is 9.53 Å². The summed E-state index contributed by atoms with van der Waals surface area (Å²) in [6, 6.07) is 6.97. The van der Waals surface area contributed by atoms with Gasteiger partial charge in [-0.15, -0.1) is 0 Å². The molecule has 0 spiro atoms. The zero-order valence-corrected chi connectivity index (χ0v) is 16.3. The molecule has 1 aliphatic heterocycles. The molecule has 1 saturated heterocycles. The fourth-order valence-electron chi connectivity index (χ4n) is 2.72. The first-order chi connectivity index (χ1) is 12.3. The van der Waals surface area contributed by atoms with E-state index in [2.05, 4.69) is 5.32 Å². The van der Waals surface area contributed by atoms with Crippen LogP contribution in [0, 0.1) is 5.92 Å². The number of carbonyl (C=O) groups is 2. The van der Waals surface area contributed by atoms with Crippen molar-refractivity contribution in [1.82, 2.24) is 10.2 Å². The Morgan fingerprint density at radius 2 is 1.81 bits per heavy atom. The zero-order chi connectivity index (χ0) is 19.1. The summed E-state index contributed by atoms with van der Waals surface area (Å²) in [5.74, 6) is 0.864. The first kappa shape index (κ1) is 20.4. The molecule has 2 amide bonds. The fraction of sp³-hybridized carbons (Fsp3) is 0.579. The maximum absolute atomic E-state index is 12.5. The van der Waals surface area contributed by atoms with Crippen molar-refractivity contribution in [1.29, 1.82) is 0 Å². The standard InChI is InChI=1S/C19H27ClN2O4/c1-13(2)12-25-19(24)21-16-8-10-22(11-9-16)18(23)14(3)26-17-6-4-15(20)5-7-17/h4-7,13-14,16H,8-12H2,1-3H3,(H,21,24). The monoisotopic (exact) mass is 382 g/mol. The van der Waals surface area contributed by atoms with Gasteiger partial charge < -0.3 is 19.7 Å². The Kier molecular flexibility index (Phi) is 7.57. The maximum Gasteiger partial charge on any atom is 0.407 e. The van der Waals surface area contributed by atoms with E-state index in [9.17, 15) is 9.59 Å². The lowest BCUT2D eigenvalue weighted by molar-refractivity contribution is -0.139. The van der Waals surface area contributed by atoms with Gasteiger partial charge in [-0.1, -0.05) is 25.4 Å². The number of alkyl carbamates (subject to hydrolysis) is 1. The number of amides is 2. The number of nitrogens with zero attached hydrogens (tertiary/aromatic N) is 1. The van der Waals surface area contributed by atoms with Gasteiger partial charge in [-0.3, -0.25) is 4.79 Å². The van der Waals surface area contributed by atoms with Gasteiger partial charge in [-0.2, -0.15) is 0 Å². The minimum Gasteiger partial charge on any atom is -0.481 e. The SMILES string of the molecule is CC(C)COC(=O)NC1CCN(C(=O)C(C)Oc2ccc(Cl)cc2)CC1. The van der Waals surface area contributed by atoms with Crippen molar-refractivity contribution in [3.63, 3.8) is 0 Å². The Labute approximate surface area is 159 Å². The highest BCUT2D eigenvalue weighted by Gasteiger charge is 2.28. The molecule has 1 aromatic rings. The van der Waals surface area contributed by atoms with Crippen molar-refractivity contribution < 1.29 is 19.1 Å². The van der Waals surface area contributed by atoms with Crippen LogP contribution in [0.25, 0.3) is 0 Å². The van der Waals surface area contributed by atoms with Gasteiger partial charge in [0.2, 0.25) is 0 Å². The van der Waals surface area contributed by atoms with Gasteiger partial charge in [-0.25, -0.2) is 4.79 Å². The van der Waals surface area contributed by atoms with Crippen LogP contribution in [0.2, 0.25) is 5.02 Å². The van der Waals surface area contributed by atoms with Gasteiger partial charge in [0.05, 0.1) is 6.61 Å². The van der Waals surface area contributed by atoms with Gasteiger partial charge in [0.25, 0.3) is 5.91 Å². The number of nitrogens with one attached hydrogen (secondary N) is 1. The van der Waals surface area contributed by atoms with Crippen LogP contribution in [0.1, 0.15) is 33.6 Å². The summed E-state index contributed by atoms with van der Waals surface area (Å²) in [6.07, 6.45) is 0.450. The number of hydrogen-bond acceptors (Lipinski definition) is 4. The Hall–Kier alpha value is -1.95. The number of benzene rings is 1. The molecule has 0 aliphatic carbocycles. The first-order valence-corrected chi connectivity index (χ1v) is 9.37. The van der Waals surface area contributed by atoms with Gasteiger partial charge in [0, 0.05) is 24.2 Å². The van der Waals surface area contributed by atoms with Gasteiger partial charge in [0.1, 0.15) is 5.75 Å². The highest BCUT2D eigenvalue weighted by atomic mass is 35.5. The van der Waals surface area contributed by atoms with Crippen LogP contribution in [0.4, 0.5) is 4.79 Å². The second-order valence-corrected chi connectivity index (χ2v) is 7.39. The molecule has 1 N–H and O–H groups in total. The molecule has 6 nitrogen and oxygen atoms in total. The van der Waals surface area contributed by atoms with E-state index in [0.29, 0.717) is 49.2 Å². The van der Waals surface area contributed by atoms with E-state index in [1.165, 1.54) is 0 Å². The summed E-state index contributed by atoms with van der Waals surface area (Å²) < 4.78 is 10.8. The molecule has 1 unspecified atom stereocenters. The molecule has 1 aromatic carbocycles. The Balaban J connectivity index is 1.75. The van der Waals surface area contributed by atoms with Crippen LogP contribution in [0.5, 0.6) is 5.75 Å². The van der Waals surface area contributed by atoms with Crippen LogP contribution in [0.15, 0.2) is 24.3 Å². The summed E-state index contributed by atoms with van der Waals surface area (Å²) in [6.45, 7) is 7.30. The summed E-state index contributed by atoms with van der Waals surface area (Å²) in [5.41, 5.74) is 0. The Morgan fingerprint density at radius 1 is 1.19 bits per heavy atom. The molecular formula is C19H27ClN2O4. The number of carbonyl (C=O) groups excluding carboxylic acids is 2. The number of hydrogen-bond donors (Lipinski definition) is 1. The van der Waals surface area contributed by atoms with Gasteiger partial charge in [0.15, 0.2) is 6.10 Å². The average molecular weight is 383 g/mol. The summed E-state index contributed by atoms with van der Waals surface area (Å²) >= 11 is 5.85. The lowest BCUT2D eigenvalue weighted by Crippen LogP contribution is -2.49.